The molecule has 0 amide bonds. The number of para-hydroxylation sites is 2. The van der Waals surface area contributed by atoms with Crippen molar-refractivity contribution in [2.75, 3.05) is 9.80 Å². The maximum absolute atomic E-state index is 4.99. The van der Waals surface area contributed by atoms with Crippen LogP contribution in [0.5, 0.6) is 0 Å². The van der Waals surface area contributed by atoms with Gasteiger partial charge in [0.1, 0.15) is 6.17 Å². The van der Waals surface area contributed by atoms with Crippen LogP contribution in [-0.2, 0) is 5.41 Å². The molecular formula is C26H26N4. The third kappa shape index (κ3) is 1.75. The number of fused-ring (bicyclic) bond motifs is 8. The molecule has 30 heavy (non-hydrogen) atoms. The van der Waals surface area contributed by atoms with Gasteiger partial charge in [0.2, 0.25) is 0 Å². The molecule has 0 saturated heterocycles. The van der Waals surface area contributed by atoms with Gasteiger partial charge < -0.3 is 9.80 Å². The maximum Gasteiger partial charge on any atom is 0.178 e. The van der Waals surface area contributed by atoms with Gasteiger partial charge in [-0.15, -0.1) is 0 Å². The first kappa shape index (κ1) is 17.7. The molecule has 0 bridgehead atoms. The smallest absolute Gasteiger partial charge is 0.178 e. The number of rotatable bonds is 3. The molecule has 3 aromatic rings. The van der Waals surface area contributed by atoms with Gasteiger partial charge in [0.15, 0.2) is 11.6 Å². The van der Waals surface area contributed by atoms with E-state index in [1.807, 2.05) is 13.1 Å². The fraction of sp³-hybridized carbons (Fsp3) is 0.308. The summed E-state index contributed by atoms with van der Waals surface area (Å²) in [5.74, 6) is 1.89. The molecule has 2 aromatic carbocycles. The number of benzene rings is 2. The molecule has 0 N–H and O–H groups in total. The predicted molar refractivity (Wildman–Crippen MR) is 122 cm³/mol. The molecule has 1 saturated carbocycles. The molecule has 2 aliphatic heterocycles. The normalized spacial score (nSPS) is 28.0. The second kappa shape index (κ2) is 5.72. The quantitative estimate of drug-likeness (QED) is 0.508. The molecule has 6 rings (SSSR count). The molecule has 3 unspecified atom stereocenters. The van der Waals surface area contributed by atoms with Gasteiger partial charge in [0.05, 0.1) is 11.9 Å². The molecule has 1 fully saturated rings. The Bertz CT molecular complexity index is 1190. The highest BCUT2D eigenvalue weighted by atomic mass is 15.5. The summed E-state index contributed by atoms with van der Waals surface area (Å²) in [6.07, 6.45) is 4.06. The molecule has 4 heteroatoms. The number of hydrogen-bond donors (Lipinski definition) is 0. The van der Waals surface area contributed by atoms with E-state index in [1.54, 1.807) is 0 Å². The summed E-state index contributed by atoms with van der Waals surface area (Å²) in [6.45, 7) is 11.3. The van der Waals surface area contributed by atoms with Crippen LogP contribution < -0.4 is 9.80 Å². The lowest BCUT2D eigenvalue weighted by atomic mass is 9.76. The second-order valence-corrected chi connectivity index (χ2v) is 8.69. The Morgan fingerprint density at radius 3 is 2.40 bits per heavy atom. The van der Waals surface area contributed by atoms with E-state index in [-0.39, 0.29) is 17.0 Å². The van der Waals surface area contributed by atoms with Gasteiger partial charge in [-0.3, -0.25) is 0 Å². The first-order valence-electron chi connectivity index (χ1n) is 10.9. The highest BCUT2D eigenvalue weighted by molar-refractivity contribution is 5.90. The van der Waals surface area contributed by atoms with E-state index in [0.29, 0.717) is 0 Å². The van der Waals surface area contributed by atoms with Crippen LogP contribution in [0, 0.1) is 12.3 Å². The summed E-state index contributed by atoms with van der Waals surface area (Å²) in [5, 5.41) is 0. The average molecular weight is 395 g/mol. The largest absolute Gasteiger partial charge is 0.301 e. The third-order valence-corrected chi connectivity index (χ3v) is 7.74. The Morgan fingerprint density at radius 1 is 0.933 bits per heavy atom. The molecule has 150 valence electrons. The van der Waals surface area contributed by atoms with Crippen molar-refractivity contribution in [3.63, 3.8) is 0 Å². The molecule has 3 aliphatic rings. The summed E-state index contributed by atoms with van der Waals surface area (Å²) >= 11 is 0. The van der Waals surface area contributed by atoms with Gasteiger partial charge in [-0.2, -0.15) is 0 Å². The lowest BCUT2D eigenvalue weighted by Gasteiger charge is -2.45. The van der Waals surface area contributed by atoms with Crippen LogP contribution in [0.1, 0.15) is 37.9 Å². The van der Waals surface area contributed by atoms with Gasteiger partial charge >= 0.3 is 0 Å². The number of aromatic nitrogens is 2. The molecule has 1 aromatic heterocycles. The zero-order valence-corrected chi connectivity index (χ0v) is 17.8. The Kier molecular flexibility index (Phi) is 3.37. The second-order valence-electron chi connectivity index (χ2n) is 8.69. The van der Waals surface area contributed by atoms with Gasteiger partial charge in [0.25, 0.3) is 0 Å². The van der Waals surface area contributed by atoms with Gasteiger partial charge in [-0.05, 0) is 43.5 Å². The van der Waals surface area contributed by atoms with E-state index >= 15 is 0 Å². The zero-order valence-electron chi connectivity index (χ0n) is 17.8. The van der Waals surface area contributed by atoms with Gasteiger partial charge in [0, 0.05) is 22.2 Å². The Balaban J connectivity index is 1.71. The fourth-order valence-corrected chi connectivity index (χ4v) is 6.53. The maximum atomic E-state index is 4.99. The van der Waals surface area contributed by atoms with E-state index in [1.165, 1.54) is 16.8 Å². The zero-order chi connectivity index (χ0) is 20.7. The van der Waals surface area contributed by atoms with E-state index < -0.39 is 0 Å². The summed E-state index contributed by atoms with van der Waals surface area (Å²) in [6, 6.07) is 19.5. The molecule has 3 atom stereocenters. The Morgan fingerprint density at radius 2 is 1.67 bits per heavy atom. The van der Waals surface area contributed by atoms with Crippen LogP contribution >= 0.6 is 0 Å². The Hall–Kier alpha value is -3.14. The first-order chi connectivity index (χ1) is 14.6. The Labute approximate surface area is 177 Å². The summed E-state index contributed by atoms with van der Waals surface area (Å²) in [5.41, 5.74) is 6.04. The van der Waals surface area contributed by atoms with Crippen LogP contribution in [0.3, 0.4) is 0 Å². The van der Waals surface area contributed by atoms with Crippen molar-refractivity contribution in [3.8, 4) is 0 Å². The van der Waals surface area contributed by atoms with Crippen molar-refractivity contribution < 1.29 is 0 Å². The van der Waals surface area contributed by atoms with Crippen LogP contribution in [0.2, 0.25) is 0 Å². The number of anilines is 4. The highest BCUT2D eigenvalue weighted by Gasteiger charge is 2.79. The van der Waals surface area contributed by atoms with Crippen molar-refractivity contribution in [2.24, 2.45) is 5.41 Å². The van der Waals surface area contributed by atoms with E-state index in [2.05, 4.69) is 84.8 Å². The molecule has 0 spiro atoms. The van der Waals surface area contributed by atoms with Crippen LogP contribution in [-0.4, -0.2) is 16.1 Å². The number of hydrogen-bond acceptors (Lipinski definition) is 4. The standard InChI is InChI=1S/C26H26N4/c1-5-25-18(4)26(25,6-2)24-29(19-12-8-7-9-13-19)23-22(27-16-17(3)28-23)30(24)21-15-11-10-14-20(21)25/h7-16,24H,4-6H2,1-3H3. The van der Waals surface area contributed by atoms with E-state index in [9.17, 15) is 0 Å². The lowest BCUT2D eigenvalue weighted by molar-refractivity contribution is 0.315. The van der Waals surface area contributed by atoms with Gasteiger partial charge in [-0.1, -0.05) is 62.4 Å². The SMILES string of the molecule is C=C1C2(CC)c3ccccc3N3c4ncc(C)nc4N(c4ccccc4)C3C12CC. The minimum absolute atomic E-state index is 0.00360. The average Bonchev–Trinajstić information content (AvgIpc) is 3.17. The summed E-state index contributed by atoms with van der Waals surface area (Å²) in [7, 11) is 0. The van der Waals surface area contributed by atoms with Crippen molar-refractivity contribution >= 4 is 23.0 Å². The number of nitrogens with zero attached hydrogens (tertiary/aromatic N) is 4. The third-order valence-electron chi connectivity index (χ3n) is 7.74. The minimum atomic E-state index is -0.0395. The molecule has 3 heterocycles. The van der Waals surface area contributed by atoms with E-state index in [0.717, 1.165) is 35.9 Å². The fourth-order valence-electron chi connectivity index (χ4n) is 6.53. The van der Waals surface area contributed by atoms with Crippen LogP contribution in [0.4, 0.5) is 23.0 Å². The molecule has 0 radical (unpaired) electrons. The number of aryl methyl sites for hydroxylation is 1. The van der Waals surface area contributed by atoms with E-state index in [4.69, 9.17) is 9.97 Å². The first-order valence-corrected chi connectivity index (χ1v) is 10.9. The monoisotopic (exact) mass is 394 g/mol. The topological polar surface area (TPSA) is 32.3 Å². The van der Waals surface area contributed by atoms with Crippen molar-refractivity contribution in [2.45, 2.75) is 45.2 Å². The molecular weight excluding hydrogens is 368 g/mol. The van der Waals surface area contributed by atoms with Crippen LogP contribution in [0.25, 0.3) is 0 Å². The van der Waals surface area contributed by atoms with Crippen molar-refractivity contribution in [1.82, 2.24) is 9.97 Å². The van der Waals surface area contributed by atoms with Crippen molar-refractivity contribution in [1.29, 1.82) is 0 Å². The predicted octanol–water partition coefficient (Wildman–Crippen LogP) is 6.03. The van der Waals surface area contributed by atoms with Crippen LogP contribution in [0.15, 0.2) is 72.9 Å². The summed E-state index contributed by atoms with van der Waals surface area (Å²) in [4.78, 5) is 14.7. The van der Waals surface area contributed by atoms with Gasteiger partial charge in [-0.25, -0.2) is 9.97 Å². The summed E-state index contributed by atoms with van der Waals surface area (Å²) < 4.78 is 0. The molecule has 1 aliphatic carbocycles. The lowest BCUT2D eigenvalue weighted by Crippen LogP contribution is -2.51. The van der Waals surface area contributed by atoms with Crippen molar-refractivity contribution in [3.05, 3.63) is 84.2 Å². The highest BCUT2D eigenvalue weighted by Crippen LogP contribution is 2.80. The minimum Gasteiger partial charge on any atom is -0.301 e. The molecule has 4 nitrogen and oxygen atoms in total.